The third-order valence-electron chi connectivity index (χ3n) is 2.37. The summed E-state index contributed by atoms with van der Waals surface area (Å²) >= 11 is 0.983. The number of nitro groups is 1. The van der Waals surface area contributed by atoms with E-state index >= 15 is 0 Å². The van der Waals surface area contributed by atoms with Crippen molar-refractivity contribution in [1.82, 2.24) is 4.98 Å². The zero-order valence-electron chi connectivity index (χ0n) is 10.2. The van der Waals surface area contributed by atoms with Crippen molar-refractivity contribution in [2.24, 2.45) is 0 Å². The Morgan fingerprint density at radius 2 is 2.20 bits per heavy atom. The standard InChI is InChI=1S/C11H9FN4O3S/c1-5-9(20-11(13)14-5)10(17)15-7-2-6(12)3-8(4-7)16(18)19/h2-4H,1H3,(H2,13,14)(H,15,17). The van der Waals surface area contributed by atoms with Crippen molar-refractivity contribution < 1.29 is 14.1 Å². The Kier molecular flexibility index (Phi) is 3.61. The van der Waals surface area contributed by atoms with Gasteiger partial charge in [-0.3, -0.25) is 14.9 Å². The molecular weight excluding hydrogens is 287 g/mol. The van der Waals surface area contributed by atoms with Gasteiger partial charge in [0.15, 0.2) is 5.13 Å². The third-order valence-corrected chi connectivity index (χ3v) is 3.36. The molecule has 1 aromatic heterocycles. The van der Waals surface area contributed by atoms with Gasteiger partial charge in [-0.1, -0.05) is 11.3 Å². The Morgan fingerprint density at radius 3 is 2.75 bits per heavy atom. The van der Waals surface area contributed by atoms with Crippen molar-refractivity contribution in [3.05, 3.63) is 44.7 Å². The van der Waals surface area contributed by atoms with Crippen molar-refractivity contribution >= 4 is 33.8 Å². The maximum absolute atomic E-state index is 13.2. The van der Waals surface area contributed by atoms with Crippen LogP contribution in [0.15, 0.2) is 18.2 Å². The largest absolute Gasteiger partial charge is 0.375 e. The van der Waals surface area contributed by atoms with E-state index in [1.54, 1.807) is 6.92 Å². The molecule has 0 radical (unpaired) electrons. The number of nitrogens with zero attached hydrogens (tertiary/aromatic N) is 2. The molecule has 0 spiro atoms. The Balaban J connectivity index is 2.28. The van der Waals surface area contributed by atoms with Gasteiger partial charge >= 0.3 is 0 Å². The molecule has 0 saturated heterocycles. The smallest absolute Gasteiger partial charge is 0.274 e. The monoisotopic (exact) mass is 296 g/mol. The predicted molar refractivity (Wildman–Crippen MR) is 72.3 cm³/mol. The van der Waals surface area contributed by atoms with Gasteiger partial charge in [-0.05, 0) is 13.0 Å². The molecule has 0 aliphatic rings. The molecule has 0 atom stereocenters. The molecule has 0 saturated carbocycles. The molecule has 104 valence electrons. The maximum atomic E-state index is 13.2. The summed E-state index contributed by atoms with van der Waals surface area (Å²) in [6.45, 7) is 1.61. The molecule has 0 bridgehead atoms. The summed E-state index contributed by atoms with van der Waals surface area (Å²) < 4.78 is 13.2. The van der Waals surface area contributed by atoms with Crippen LogP contribution in [-0.4, -0.2) is 15.8 Å². The molecule has 7 nitrogen and oxygen atoms in total. The van der Waals surface area contributed by atoms with Crippen LogP contribution in [0, 0.1) is 22.9 Å². The number of hydrogen-bond acceptors (Lipinski definition) is 6. The number of halogens is 1. The highest BCUT2D eigenvalue weighted by molar-refractivity contribution is 7.17. The van der Waals surface area contributed by atoms with Crippen molar-refractivity contribution in [3.8, 4) is 0 Å². The second-order valence-electron chi connectivity index (χ2n) is 3.88. The number of nitro benzene ring substituents is 1. The topological polar surface area (TPSA) is 111 Å². The molecular formula is C11H9FN4O3S. The highest BCUT2D eigenvalue weighted by Gasteiger charge is 2.16. The van der Waals surface area contributed by atoms with E-state index in [1.807, 2.05) is 0 Å². The lowest BCUT2D eigenvalue weighted by molar-refractivity contribution is -0.385. The van der Waals surface area contributed by atoms with E-state index in [-0.39, 0.29) is 15.7 Å². The molecule has 0 aliphatic heterocycles. The summed E-state index contributed by atoms with van der Waals surface area (Å²) in [5.74, 6) is -1.35. The van der Waals surface area contributed by atoms with Gasteiger partial charge in [-0.2, -0.15) is 0 Å². The molecule has 2 aromatic rings. The van der Waals surface area contributed by atoms with Crippen molar-refractivity contribution in [1.29, 1.82) is 0 Å². The van der Waals surface area contributed by atoms with Crippen molar-refractivity contribution in [2.45, 2.75) is 6.92 Å². The number of nitrogens with one attached hydrogen (secondary N) is 1. The Bertz CT molecular complexity index is 701. The number of benzene rings is 1. The first-order valence-corrected chi connectivity index (χ1v) is 6.17. The highest BCUT2D eigenvalue weighted by atomic mass is 32.1. The average Bonchev–Trinajstić information content (AvgIpc) is 2.67. The lowest BCUT2D eigenvalue weighted by Crippen LogP contribution is -2.12. The van der Waals surface area contributed by atoms with Gasteiger partial charge in [0.2, 0.25) is 0 Å². The summed E-state index contributed by atoms with van der Waals surface area (Å²) in [5.41, 5.74) is 5.47. The molecule has 9 heteroatoms. The number of nitrogen functional groups attached to an aromatic ring is 1. The highest BCUT2D eigenvalue weighted by Crippen LogP contribution is 2.23. The van der Waals surface area contributed by atoms with Crippen LogP contribution in [0.1, 0.15) is 15.4 Å². The summed E-state index contributed by atoms with van der Waals surface area (Å²) in [6.07, 6.45) is 0. The van der Waals surface area contributed by atoms with Crippen LogP contribution < -0.4 is 11.1 Å². The summed E-state index contributed by atoms with van der Waals surface area (Å²) in [6, 6.07) is 2.83. The minimum absolute atomic E-state index is 0.00642. The number of thiazole rings is 1. The molecule has 3 N–H and O–H groups in total. The van der Waals surface area contributed by atoms with E-state index in [9.17, 15) is 19.3 Å². The van der Waals surface area contributed by atoms with Crippen LogP contribution in [0.25, 0.3) is 0 Å². The molecule has 0 aliphatic carbocycles. The number of non-ortho nitro benzene ring substituents is 1. The molecule has 20 heavy (non-hydrogen) atoms. The van der Waals surface area contributed by atoms with Crippen LogP contribution in [0.3, 0.4) is 0 Å². The van der Waals surface area contributed by atoms with Gasteiger partial charge in [0, 0.05) is 6.07 Å². The summed E-state index contributed by atoms with van der Waals surface area (Å²) in [7, 11) is 0. The number of anilines is 2. The van der Waals surface area contributed by atoms with E-state index in [2.05, 4.69) is 10.3 Å². The number of aryl methyl sites for hydroxylation is 1. The van der Waals surface area contributed by atoms with E-state index in [4.69, 9.17) is 5.73 Å². The molecule has 0 unspecified atom stereocenters. The molecule has 1 aromatic carbocycles. The van der Waals surface area contributed by atoms with Gasteiger partial charge in [-0.25, -0.2) is 9.37 Å². The Hall–Kier alpha value is -2.55. The van der Waals surface area contributed by atoms with Gasteiger partial charge in [0.25, 0.3) is 11.6 Å². The molecule has 2 rings (SSSR count). The van der Waals surface area contributed by atoms with Gasteiger partial charge in [-0.15, -0.1) is 0 Å². The fourth-order valence-electron chi connectivity index (χ4n) is 1.57. The van der Waals surface area contributed by atoms with Gasteiger partial charge < -0.3 is 11.1 Å². The van der Waals surface area contributed by atoms with Crippen LogP contribution in [0.4, 0.5) is 20.9 Å². The minimum atomic E-state index is -0.810. The van der Waals surface area contributed by atoms with Gasteiger partial charge in [0.1, 0.15) is 10.7 Å². The third kappa shape index (κ3) is 2.88. The number of aromatic nitrogens is 1. The normalized spacial score (nSPS) is 10.3. The van der Waals surface area contributed by atoms with E-state index in [0.29, 0.717) is 5.69 Å². The maximum Gasteiger partial charge on any atom is 0.274 e. The second kappa shape index (κ2) is 5.21. The number of amides is 1. The second-order valence-corrected chi connectivity index (χ2v) is 4.91. The number of hydrogen-bond donors (Lipinski definition) is 2. The zero-order valence-corrected chi connectivity index (χ0v) is 11.0. The van der Waals surface area contributed by atoms with Crippen LogP contribution in [0.2, 0.25) is 0 Å². The van der Waals surface area contributed by atoms with E-state index in [1.165, 1.54) is 0 Å². The molecule has 1 amide bonds. The number of nitrogens with two attached hydrogens (primary N) is 1. The minimum Gasteiger partial charge on any atom is -0.375 e. The SMILES string of the molecule is Cc1nc(N)sc1C(=O)Nc1cc(F)cc([N+](=O)[O-])c1. The fourth-order valence-corrected chi connectivity index (χ4v) is 2.30. The number of rotatable bonds is 3. The lowest BCUT2D eigenvalue weighted by atomic mass is 10.2. The predicted octanol–water partition coefficient (Wildman–Crippen LogP) is 2.33. The zero-order chi connectivity index (χ0) is 14.9. The van der Waals surface area contributed by atoms with Crippen molar-refractivity contribution in [2.75, 3.05) is 11.1 Å². The number of carbonyl (C=O) groups excluding carboxylic acids is 1. The quantitative estimate of drug-likeness (QED) is 0.667. The Labute approximate surface area is 116 Å². The first-order valence-electron chi connectivity index (χ1n) is 5.36. The van der Waals surface area contributed by atoms with Gasteiger partial charge in [0.05, 0.1) is 22.4 Å². The number of carbonyl (C=O) groups is 1. The Morgan fingerprint density at radius 1 is 1.50 bits per heavy atom. The van der Waals surface area contributed by atoms with E-state index in [0.717, 1.165) is 29.5 Å². The van der Waals surface area contributed by atoms with E-state index < -0.39 is 22.3 Å². The lowest BCUT2D eigenvalue weighted by Gasteiger charge is -2.04. The summed E-state index contributed by atoms with van der Waals surface area (Å²) in [5, 5.41) is 13.2. The van der Waals surface area contributed by atoms with Crippen LogP contribution >= 0.6 is 11.3 Å². The average molecular weight is 296 g/mol. The molecule has 1 heterocycles. The van der Waals surface area contributed by atoms with Crippen molar-refractivity contribution in [3.63, 3.8) is 0 Å². The van der Waals surface area contributed by atoms with Crippen LogP contribution in [-0.2, 0) is 0 Å². The van der Waals surface area contributed by atoms with Crippen LogP contribution in [0.5, 0.6) is 0 Å². The summed E-state index contributed by atoms with van der Waals surface area (Å²) in [4.78, 5) is 26.0. The first kappa shape index (κ1) is 13.9. The molecule has 0 fully saturated rings. The fraction of sp³-hybridized carbons (Fsp3) is 0.0909. The first-order chi connectivity index (χ1) is 9.36.